The quantitative estimate of drug-likeness (QED) is 0.787. The molecule has 0 radical (unpaired) electrons. The highest BCUT2D eigenvalue weighted by Gasteiger charge is 2.30. The van der Waals surface area contributed by atoms with Gasteiger partial charge in [0.1, 0.15) is 24.3 Å². The van der Waals surface area contributed by atoms with Crippen LogP contribution in [0.15, 0.2) is 18.2 Å². The lowest BCUT2D eigenvalue weighted by molar-refractivity contribution is -0.133. The summed E-state index contributed by atoms with van der Waals surface area (Å²) in [6.07, 6.45) is -0.630. The molecule has 1 aliphatic heterocycles. The van der Waals surface area contributed by atoms with Gasteiger partial charge in [-0.1, -0.05) is 0 Å². The fourth-order valence-electron chi connectivity index (χ4n) is 1.79. The normalized spacial score (nSPS) is 25.8. The van der Waals surface area contributed by atoms with Gasteiger partial charge in [0.05, 0.1) is 0 Å². The van der Waals surface area contributed by atoms with Gasteiger partial charge in [-0.25, -0.2) is 8.78 Å². The highest BCUT2D eigenvalue weighted by Crippen LogP contribution is 2.28. The molecular formula is C11H11F2NO2. The third-order valence-corrected chi connectivity index (χ3v) is 2.54. The first-order valence-electron chi connectivity index (χ1n) is 4.92. The summed E-state index contributed by atoms with van der Waals surface area (Å²) in [6.45, 7) is -0.103. The molecule has 0 aliphatic carbocycles. The van der Waals surface area contributed by atoms with Crippen molar-refractivity contribution in [2.45, 2.75) is 18.6 Å². The van der Waals surface area contributed by atoms with Gasteiger partial charge < -0.3 is 10.5 Å². The number of ether oxygens (including phenoxy) is 1. The summed E-state index contributed by atoms with van der Waals surface area (Å²) in [5, 5.41) is 0. The van der Waals surface area contributed by atoms with Gasteiger partial charge in [-0.05, 0) is 18.2 Å². The Morgan fingerprint density at radius 3 is 2.81 bits per heavy atom. The van der Waals surface area contributed by atoms with Crippen LogP contribution in [0, 0.1) is 11.6 Å². The van der Waals surface area contributed by atoms with Crippen molar-refractivity contribution in [2.24, 2.45) is 5.73 Å². The first-order chi connectivity index (χ1) is 7.58. The molecule has 2 N–H and O–H groups in total. The Morgan fingerprint density at radius 1 is 1.38 bits per heavy atom. The van der Waals surface area contributed by atoms with E-state index in [9.17, 15) is 13.6 Å². The van der Waals surface area contributed by atoms with Crippen molar-refractivity contribution in [1.29, 1.82) is 0 Å². The Labute approximate surface area is 91.2 Å². The summed E-state index contributed by atoms with van der Waals surface area (Å²) in [5.41, 5.74) is 5.75. The van der Waals surface area contributed by atoms with E-state index in [1.165, 1.54) is 0 Å². The highest BCUT2D eigenvalue weighted by atomic mass is 19.1. The third kappa shape index (κ3) is 2.10. The van der Waals surface area contributed by atoms with E-state index in [1.807, 2.05) is 0 Å². The molecule has 2 rings (SSSR count). The van der Waals surface area contributed by atoms with Gasteiger partial charge in [0, 0.05) is 18.0 Å². The summed E-state index contributed by atoms with van der Waals surface area (Å²) >= 11 is 0. The van der Waals surface area contributed by atoms with E-state index in [2.05, 4.69) is 0 Å². The lowest BCUT2D eigenvalue weighted by atomic mass is 9.96. The third-order valence-electron chi connectivity index (χ3n) is 2.54. The molecule has 1 unspecified atom stereocenters. The molecule has 0 bridgehead atoms. The molecule has 0 aromatic heterocycles. The van der Waals surface area contributed by atoms with Crippen LogP contribution < -0.4 is 5.73 Å². The minimum Gasteiger partial charge on any atom is -0.364 e. The van der Waals surface area contributed by atoms with Crippen molar-refractivity contribution >= 4 is 5.78 Å². The minimum atomic E-state index is -0.756. The molecule has 0 saturated carbocycles. The van der Waals surface area contributed by atoms with Crippen LogP contribution >= 0.6 is 0 Å². The maximum atomic E-state index is 13.4. The lowest BCUT2D eigenvalue weighted by Gasteiger charge is -2.28. The van der Waals surface area contributed by atoms with Gasteiger partial charge in [0.25, 0.3) is 0 Å². The Morgan fingerprint density at radius 2 is 2.12 bits per heavy atom. The van der Waals surface area contributed by atoms with E-state index in [4.69, 9.17) is 10.5 Å². The van der Waals surface area contributed by atoms with Crippen molar-refractivity contribution in [3.63, 3.8) is 0 Å². The Hall–Kier alpha value is -1.33. The summed E-state index contributed by atoms with van der Waals surface area (Å²) in [5.74, 6) is -1.25. The number of carbonyl (C=O) groups is 1. The standard InChI is InChI=1S/C11H11F2NO2/c12-6-1-2-9(13)8(3-6)11-10(14)4-7(15)5-16-11/h1-3,10-11H,4-5,14H2/t10?,11-/m1/s1. The highest BCUT2D eigenvalue weighted by molar-refractivity contribution is 5.81. The number of nitrogens with two attached hydrogens (primary N) is 1. The van der Waals surface area contributed by atoms with Crippen molar-refractivity contribution in [2.75, 3.05) is 6.61 Å². The summed E-state index contributed by atoms with van der Waals surface area (Å²) in [4.78, 5) is 11.0. The van der Waals surface area contributed by atoms with Gasteiger partial charge in [0.15, 0.2) is 5.78 Å². The average Bonchev–Trinajstić information content (AvgIpc) is 2.22. The second kappa shape index (κ2) is 4.27. The number of carbonyl (C=O) groups excluding carboxylic acids is 1. The zero-order valence-corrected chi connectivity index (χ0v) is 8.45. The van der Waals surface area contributed by atoms with Crippen LogP contribution in [0.5, 0.6) is 0 Å². The molecule has 16 heavy (non-hydrogen) atoms. The second-order valence-corrected chi connectivity index (χ2v) is 3.80. The monoisotopic (exact) mass is 227 g/mol. The number of halogens is 2. The van der Waals surface area contributed by atoms with Crippen LogP contribution in [-0.4, -0.2) is 18.4 Å². The maximum Gasteiger partial charge on any atom is 0.160 e. The zero-order valence-electron chi connectivity index (χ0n) is 8.45. The number of rotatable bonds is 1. The van der Waals surface area contributed by atoms with E-state index >= 15 is 0 Å². The topological polar surface area (TPSA) is 52.3 Å². The molecule has 1 aromatic carbocycles. The van der Waals surface area contributed by atoms with Gasteiger partial charge in [-0.2, -0.15) is 0 Å². The van der Waals surface area contributed by atoms with Crippen molar-refractivity contribution < 1.29 is 18.3 Å². The van der Waals surface area contributed by atoms with E-state index in [-0.39, 0.29) is 24.4 Å². The Balaban J connectivity index is 2.29. The van der Waals surface area contributed by atoms with Gasteiger partial charge in [-0.15, -0.1) is 0 Å². The van der Waals surface area contributed by atoms with Gasteiger partial charge >= 0.3 is 0 Å². The largest absolute Gasteiger partial charge is 0.364 e. The summed E-state index contributed by atoms with van der Waals surface area (Å²) < 4.78 is 31.6. The molecular weight excluding hydrogens is 216 g/mol. The number of benzene rings is 1. The van der Waals surface area contributed by atoms with E-state index < -0.39 is 23.8 Å². The second-order valence-electron chi connectivity index (χ2n) is 3.80. The molecule has 3 nitrogen and oxygen atoms in total. The minimum absolute atomic E-state index is 0.0694. The molecule has 1 saturated heterocycles. The molecule has 1 fully saturated rings. The van der Waals surface area contributed by atoms with Crippen molar-refractivity contribution in [3.05, 3.63) is 35.4 Å². The van der Waals surface area contributed by atoms with Crippen LogP contribution in [0.2, 0.25) is 0 Å². The molecule has 2 atom stereocenters. The van der Waals surface area contributed by atoms with Crippen LogP contribution in [-0.2, 0) is 9.53 Å². The first-order valence-corrected chi connectivity index (χ1v) is 4.92. The molecule has 0 amide bonds. The molecule has 1 heterocycles. The predicted octanol–water partition coefficient (Wildman–Crippen LogP) is 1.32. The lowest BCUT2D eigenvalue weighted by Crippen LogP contribution is -2.39. The van der Waals surface area contributed by atoms with Gasteiger partial charge in [0.2, 0.25) is 0 Å². The van der Waals surface area contributed by atoms with Crippen LogP contribution in [0.3, 0.4) is 0 Å². The smallest absolute Gasteiger partial charge is 0.160 e. The molecule has 0 spiro atoms. The number of hydrogen-bond donors (Lipinski definition) is 1. The molecule has 5 heteroatoms. The van der Waals surface area contributed by atoms with E-state index in [0.29, 0.717) is 0 Å². The van der Waals surface area contributed by atoms with Crippen LogP contribution in [0.4, 0.5) is 8.78 Å². The van der Waals surface area contributed by atoms with Crippen molar-refractivity contribution in [1.82, 2.24) is 0 Å². The van der Waals surface area contributed by atoms with E-state index in [0.717, 1.165) is 18.2 Å². The SMILES string of the molecule is NC1CC(=O)CO[C@@H]1c1cc(F)ccc1F. The Bertz CT molecular complexity index is 422. The maximum absolute atomic E-state index is 13.4. The van der Waals surface area contributed by atoms with E-state index in [1.54, 1.807) is 0 Å². The zero-order chi connectivity index (χ0) is 11.7. The van der Waals surface area contributed by atoms with Crippen molar-refractivity contribution in [3.8, 4) is 0 Å². The number of ketones is 1. The molecule has 1 aromatic rings. The fraction of sp³-hybridized carbons (Fsp3) is 0.364. The number of Topliss-reactive ketones (excluding diaryl/α,β-unsaturated/α-hetero) is 1. The Kier molecular flexibility index (Phi) is 2.98. The summed E-state index contributed by atoms with van der Waals surface area (Å²) in [6, 6.07) is 2.48. The predicted molar refractivity (Wildman–Crippen MR) is 52.7 cm³/mol. The average molecular weight is 227 g/mol. The fourth-order valence-corrected chi connectivity index (χ4v) is 1.79. The summed E-state index contributed by atoms with van der Waals surface area (Å²) in [7, 11) is 0. The van der Waals surface area contributed by atoms with Crippen LogP contribution in [0.1, 0.15) is 18.1 Å². The molecule has 1 aliphatic rings. The van der Waals surface area contributed by atoms with Crippen LogP contribution in [0.25, 0.3) is 0 Å². The van der Waals surface area contributed by atoms with Gasteiger partial charge in [-0.3, -0.25) is 4.79 Å². The first kappa shape index (κ1) is 11.2. The molecule has 86 valence electrons. The number of hydrogen-bond acceptors (Lipinski definition) is 3.